The molecule has 0 unspecified atom stereocenters. The molecule has 0 amide bonds. The summed E-state index contributed by atoms with van der Waals surface area (Å²) in [5.41, 5.74) is 6.94. The van der Waals surface area contributed by atoms with Gasteiger partial charge in [0.1, 0.15) is 6.26 Å². The van der Waals surface area contributed by atoms with Crippen LogP contribution in [-0.4, -0.2) is 19.2 Å². The lowest BCUT2D eigenvalue weighted by molar-refractivity contribution is 0.355. The molecule has 0 radical (unpaired) electrons. The molecule has 0 spiro atoms. The third kappa shape index (κ3) is 2.54. The summed E-state index contributed by atoms with van der Waals surface area (Å²) in [7, 11) is 3.17. The van der Waals surface area contributed by atoms with Gasteiger partial charge in [-0.3, -0.25) is 0 Å². The van der Waals surface area contributed by atoms with Gasteiger partial charge in [-0.15, -0.1) is 0 Å². The second-order valence-electron chi connectivity index (χ2n) is 3.54. The number of hydrogen-bond acceptors (Lipinski definition) is 6. The molecule has 0 aliphatic carbocycles. The quantitative estimate of drug-likeness (QED) is 0.842. The Morgan fingerprint density at radius 1 is 1.28 bits per heavy atom. The third-order valence-electron chi connectivity index (χ3n) is 2.40. The standard InChI is InChI=1S/C12H15N3O3/c1-16-10-4-3-8(5-11(10)17-2)14-12-15-9(6-13)7-18-12/h3-5,7H,6,13H2,1-2H3,(H,14,15). The molecule has 6 heteroatoms. The lowest BCUT2D eigenvalue weighted by Gasteiger charge is -2.09. The van der Waals surface area contributed by atoms with Gasteiger partial charge in [0, 0.05) is 18.3 Å². The van der Waals surface area contributed by atoms with Crippen molar-refractivity contribution in [2.45, 2.75) is 6.54 Å². The van der Waals surface area contributed by atoms with Gasteiger partial charge in [0.2, 0.25) is 0 Å². The number of oxazole rings is 1. The molecule has 2 aromatic rings. The van der Waals surface area contributed by atoms with E-state index in [1.54, 1.807) is 26.4 Å². The summed E-state index contributed by atoms with van der Waals surface area (Å²) in [6.45, 7) is 0.344. The van der Waals surface area contributed by atoms with Gasteiger partial charge in [0.15, 0.2) is 11.5 Å². The molecule has 6 nitrogen and oxygen atoms in total. The Balaban J connectivity index is 2.18. The molecule has 0 aliphatic heterocycles. The van der Waals surface area contributed by atoms with Crippen molar-refractivity contribution in [1.29, 1.82) is 0 Å². The smallest absolute Gasteiger partial charge is 0.299 e. The van der Waals surface area contributed by atoms with Gasteiger partial charge in [-0.2, -0.15) is 4.98 Å². The Morgan fingerprint density at radius 3 is 2.67 bits per heavy atom. The maximum absolute atomic E-state index is 5.45. The fourth-order valence-electron chi connectivity index (χ4n) is 1.50. The zero-order valence-corrected chi connectivity index (χ0v) is 10.3. The van der Waals surface area contributed by atoms with Crippen LogP contribution in [-0.2, 0) is 6.54 Å². The minimum absolute atomic E-state index is 0.344. The molecule has 1 heterocycles. The van der Waals surface area contributed by atoms with Crippen LogP contribution in [0, 0.1) is 0 Å². The largest absolute Gasteiger partial charge is 0.493 e. The molecule has 1 aromatic heterocycles. The van der Waals surface area contributed by atoms with Gasteiger partial charge >= 0.3 is 0 Å². The number of methoxy groups -OCH3 is 2. The molecular formula is C12H15N3O3. The normalized spacial score (nSPS) is 10.2. The summed E-state index contributed by atoms with van der Waals surface area (Å²) in [6, 6.07) is 5.83. The molecule has 2 rings (SSSR count). The van der Waals surface area contributed by atoms with Gasteiger partial charge in [0.25, 0.3) is 6.01 Å². The second-order valence-corrected chi connectivity index (χ2v) is 3.54. The molecule has 0 saturated heterocycles. The molecule has 96 valence electrons. The fraction of sp³-hybridized carbons (Fsp3) is 0.250. The molecule has 0 fully saturated rings. The van der Waals surface area contributed by atoms with Crippen molar-refractivity contribution >= 4 is 11.7 Å². The monoisotopic (exact) mass is 249 g/mol. The molecule has 0 atom stereocenters. The molecule has 3 N–H and O–H groups in total. The number of benzene rings is 1. The van der Waals surface area contributed by atoms with Crippen molar-refractivity contribution in [2.24, 2.45) is 5.73 Å². The Bertz CT molecular complexity index is 525. The Labute approximate surface area is 105 Å². The predicted octanol–water partition coefficient (Wildman–Crippen LogP) is 1.89. The molecule has 0 saturated carbocycles. The van der Waals surface area contributed by atoms with E-state index in [0.29, 0.717) is 29.8 Å². The van der Waals surface area contributed by atoms with Crippen molar-refractivity contribution < 1.29 is 13.9 Å². The van der Waals surface area contributed by atoms with Crippen LogP contribution in [0.1, 0.15) is 5.69 Å². The molecule has 0 bridgehead atoms. The summed E-state index contributed by atoms with van der Waals surface area (Å²) in [5.74, 6) is 1.30. The van der Waals surface area contributed by atoms with Gasteiger partial charge < -0.3 is 24.9 Å². The van der Waals surface area contributed by atoms with Crippen LogP contribution in [0.3, 0.4) is 0 Å². The number of aromatic nitrogens is 1. The molecule has 18 heavy (non-hydrogen) atoms. The maximum atomic E-state index is 5.45. The van der Waals surface area contributed by atoms with E-state index in [9.17, 15) is 0 Å². The van der Waals surface area contributed by atoms with Gasteiger partial charge in [-0.05, 0) is 12.1 Å². The highest BCUT2D eigenvalue weighted by atomic mass is 16.5. The maximum Gasteiger partial charge on any atom is 0.299 e. The highest BCUT2D eigenvalue weighted by molar-refractivity contribution is 5.59. The summed E-state index contributed by atoms with van der Waals surface area (Å²) in [5, 5.41) is 3.02. The SMILES string of the molecule is COc1ccc(Nc2nc(CN)co2)cc1OC. The van der Waals surface area contributed by atoms with E-state index >= 15 is 0 Å². The average Bonchev–Trinajstić information content (AvgIpc) is 2.86. The van der Waals surface area contributed by atoms with Crippen molar-refractivity contribution in [1.82, 2.24) is 4.98 Å². The summed E-state index contributed by atoms with van der Waals surface area (Å²) >= 11 is 0. The van der Waals surface area contributed by atoms with E-state index in [1.165, 1.54) is 6.26 Å². The Kier molecular flexibility index (Phi) is 3.69. The van der Waals surface area contributed by atoms with E-state index in [1.807, 2.05) is 6.07 Å². The summed E-state index contributed by atoms with van der Waals surface area (Å²) in [6.07, 6.45) is 1.52. The highest BCUT2D eigenvalue weighted by Crippen LogP contribution is 2.30. The number of hydrogen-bond donors (Lipinski definition) is 2. The number of rotatable bonds is 5. The van der Waals surface area contributed by atoms with E-state index in [4.69, 9.17) is 19.6 Å². The third-order valence-corrected chi connectivity index (χ3v) is 2.40. The minimum Gasteiger partial charge on any atom is -0.493 e. The van der Waals surface area contributed by atoms with Crippen LogP contribution in [0.15, 0.2) is 28.9 Å². The Hall–Kier alpha value is -2.21. The lowest BCUT2D eigenvalue weighted by Crippen LogP contribution is -1.97. The number of anilines is 2. The van der Waals surface area contributed by atoms with Crippen LogP contribution in [0.4, 0.5) is 11.7 Å². The zero-order chi connectivity index (χ0) is 13.0. The van der Waals surface area contributed by atoms with Gasteiger partial charge in [0.05, 0.1) is 19.9 Å². The van der Waals surface area contributed by atoms with E-state index in [0.717, 1.165) is 5.69 Å². The molecule has 1 aromatic carbocycles. The van der Waals surface area contributed by atoms with Crippen molar-refractivity contribution in [3.63, 3.8) is 0 Å². The highest BCUT2D eigenvalue weighted by Gasteiger charge is 2.07. The van der Waals surface area contributed by atoms with E-state index in [-0.39, 0.29) is 0 Å². The van der Waals surface area contributed by atoms with Crippen molar-refractivity contribution in [3.05, 3.63) is 30.2 Å². The summed E-state index contributed by atoms with van der Waals surface area (Å²) in [4.78, 5) is 4.15. The first-order chi connectivity index (χ1) is 8.76. The van der Waals surface area contributed by atoms with Gasteiger partial charge in [-0.1, -0.05) is 0 Å². The van der Waals surface area contributed by atoms with Crippen LogP contribution in [0.5, 0.6) is 11.5 Å². The Morgan fingerprint density at radius 2 is 2.06 bits per heavy atom. The number of nitrogens with one attached hydrogen (secondary N) is 1. The first-order valence-electron chi connectivity index (χ1n) is 5.40. The topological polar surface area (TPSA) is 82.5 Å². The zero-order valence-electron chi connectivity index (χ0n) is 10.3. The van der Waals surface area contributed by atoms with Crippen LogP contribution in [0.2, 0.25) is 0 Å². The van der Waals surface area contributed by atoms with Crippen LogP contribution in [0.25, 0.3) is 0 Å². The van der Waals surface area contributed by atoms with Gasteiger partial charge in [-0.25, -0.2) is 0 Å². The summed E-state index contributed by atoms with van der Waals surface area (Å²) < 4.78 is 15.6. The fourth-order valence-corrected chi connectivity index (χ4v) is 1.50. The van der Waals surface area contributed by atoms with Crippen LogP contribution < -0.4 is 20.5 Å². The average molecular weight is 249 g/mol. The van der Waals surface area contributed by atoms with Crippen molar-refractivity contribution in [2.75, 3.05) is 19.5 Å². The van der Waals surface area contributed by atoms with E-state index < -0.39 is 0 Å². The van der Waals surface area contributed by atoms with Crippen molar-refractivity contribution in [3.8, 4) is 11.5 Å². The van der Waals surface area contributed by atoms with E-state index in [2.05, 4.69) is 10.3 Å². The first kappa shape index (κ1) is 12.3. The predicted molar refractivity (Wildman–Crippen MR) is 67.2 cm³/mol. The number of nitrogens with zero attached hydrogens (tertiary/aromatic N) is 1. The number of nitrogens with two attached hydrogens (primary N) is 1. The van der Waals surface area contributed by atoms with Crippen LogP contribution >= 0.6 is 0 Å². The lowest BCUT2D eigenvalue weighted by atomic mass is 10.3. The first-order valence-corrected chi connectivity index (χ1v) is 5.40. The number of ether oxygens (including phenoxy) is 2. The second kappa shape index (κ2) is 5.42. The molecular weight excluding hydrogens is 234 g/mol. The molecule has 0 aliphatic rings. The minimum atomic E-state index is 0.344.